The Morgan fingerprint density at radius 3 is 2.31 bits per heavy atom. The molecule has 0 saturated heterocycles. The zero-order valence-corrected chi connectivity index (χ0v) is 18.2. The first kappa shape index (κ1) is 23.0. The second kappa shape index (κ2) is 12.3. The highest BCUT2D eigenvalue weighted by atomic mass is 35.5. The van der Waals surface area contributed by atoms with Gasteiger partial charge in [0.2, 0.25) is 6.41 Å². The van der Waals surface area contributed by atoms with E-state index in [4.69, 9.17) is 23.2 Å². The fraction of sp³-hybridized carbons (Fsp3) is 0.208. The summed E-state index contributed by atoms with van der Waals surface area (Å²) in [6, 6.07) is 23.4. The number of carbonyl (C=O) groups is 1. The van der Waals surface area contributed by atoms with Gasteiger partial charge in [-0.1, -0.05) is 78.7 Å². The minimum atomic E-state index is 0.570. The van der Waals surface area contributed by atoms with Crippen LogP contribution in [0.5, 0.6) is 0 Å². The minimum absolute atomic E-state index is 0.570. The summed E-state index contributed by atoms with van der Waals surface area (Å²) in [5.74, 6) is 0.665. The maximum absolute atomic E-state index is 10.6. The van der Waals surface area contributed by atoms with Crippen LogP contribution in [0.2, 0.25) is 10.0 Å². The highest BCUT2D eigenvalue weighted by molar-refractivity contribution is 6.31. The molecule has 1 amide bonds. The first-order valence-electron chi connectivity index (χ1n) is 9.50. The molecule has 0 radical (unpaired) electrons. The number of anilines is 1. The molecule has 0 aliphatic heterocycles. The Bertz CT molecular complexity index is 900. The molecule has 0 fully saturated rings. The quantitative estimate of drug-likeness (QED) is 0.414. The maximum atomic E-state index is 10.6. The van der Waals surface area contributed by atoms with Crippen molar-refractivity contribution in [2.45, 2.75) is 19.3 Å². The Hall–Kier alpha value is -2.33. The zero-order valence-electron chi connectivity index (χ0n) is 16.7. The number of rotatable bonds is 7. The van der Waals surface area contributed by atoms with Gasteiger partial charge in [-0.25, -0.2) is 0 Å². The molecule has 5 heteroatoms. The number of hydrogen-bond donors (Lipinski definition) is 2. The zero-order chi connectivity index (χ0) is 21.1. The molecule has 29 heavy (non-hydrogen) atoms. The molecule has 2 N–H and O–H groups in total. The SMILES string of the molecule is CNCCC(C)c1ccccc1.O=CNc1cc(Cl)ccc1-c1cccc(Cl)c1. The van der Waals surface area contributed by atoms with Gasteiger partial charge in [-0.2, -0.15) is 0 Å². The molecule has 0 spiro atoms. The number of amides is 1. The maximum Gasteiger partial charge on any atom is 0.211 e. The van der Waals surface area contributed by atoms with Gasteiger partial charge in [0.15, 0.2) is 0 Å². The molecule has 3 nitrogen and oxygen atoms in total. The molecule has 152 valence electrons. The summed E-state index contributed by atoms with van der Waals surface area (Å²) in [5.41, 5.74) is 3.91. The van der Waals surface area contributed by atoms with Crippen LogP contribution in [0.15, 0.2) is 72.8 Å². The molecule has 0 aliphatic carbocycles. The lowest BCUT2D eigenvalue weighted by Crippen LogP contribution is -2.10. The monoisotopic (exact) mass is 428 g/mol. The fourth-order valence-corrected chi connectivity index (χ4v) is 3.28. The van der Waals surface area contributed by atoms with Crippen LogP contribution in [0, 0.1) is 0 Å². The van der Waals surface area contributed by atoms with Crippen LogP contribution in [0.3, 0.4) is 0 Å². The van der Waals surface area contributed by atoms with Crippen molar-refractivity contribution < 1.29 is 4.79 Å². The summed E-state index contributed by atoms with van der Waals surface area (Å²) < 4.78 is 0. The standard InChI is InChI=1S/C13H9Cl2NO.C11H17N/c14-10-3-1-2-9(6-10)12-5-4-11(15)7-13(12)16-8-17;1-10(8-9-12-2)11-6-4-3-5-7-11/h1-8H,(H,16,17);3-7,10,12H,8-9H2,1-2H3. The van der Waals surface area contributed by atoms with E-state index >= 15 is 0 Å². The van der Waals surface area contributed by atoms with Gasteiger partial charge >= 0.3 is 0 Å². The molecular weight excluding hydrogens is 403 g/mol. The number of halogens is 2. The van der Waals surface area contributed by atoms with Crippen molar-refractivity contribution >= 4 is 35.3 Å². The summed E-state index contributed by atoms with van der Waals surface area (Å²) in [7, 11) is 2.00. The van der Waals surface area contributed by atoms with E-state index in [1.807, 2.05) is 31.3 Å². The smallest absolute Gasteiger partial charge is 0.211 e. The van der Waals surface area contributed by atoms with E-state index in [-0.39, 0.29) is 0 Å². The molecule has 0 aliphatic rings. The Kier molecular flexibility index (Phi) is 9.72. The molecular formula is C24H26Cl2N2O. The van der Waals surface area contributed by atoms with Crippen molar-refractivity contribution in [1.82, 2.24) is 5.32 Å². The van der Waals surface area contributed by atoms with E-state index in [1.165, 1.54) is 12.0 Å². The summed E-state index contributed by atoms with van der Waals surface area (Å²) in [4.78, 5) is 10.6. The van der Waals surface area contributed by atoms with Crippen LogP contribution in [0.1, 0.15) is 24.8 Å². The summed E-state index contributed by atoms with van der Waals surface area (Å²) >= 11 is 11.8. The lowest BCUT2D eigenvalue weighted by Gasteiger charge is -2.10. The Morgan fingerprint density at radius 2 is 1.66 bits per heavy atom. The van der Waals surface area contributed by atoms with Crippen molar-refractivity contribution in [1.29, 1.82) is 0 Å². The number of benzene rings is 3. The van der Waals surface area contributed by atoms with Crippen LogP contribution < -0.4 is 10.6 Å². The normalized spacial score (nSPS) is 11.2. The van der Waals surface area contributed by atoms with Gasteiger partial charge in [0.25, 0.3) is 0 Å². The Labute approximate surface area is 183 Å². The van der Waals surface area contributed by atoms with Gasteiger partial charge in [-0.05, 0) is 61.3 Å². The van der Waals surface area contributed by atoms with Crippen LogP contribution in [-0.2, 0) is 4.79 Å². The Balaban J connectivity index is 0.000000221. The van der Waals surface area contributed by atoms with Crippen molar-refractivity contribution in [3.63, 3.8) is 0 Å². The van der Waals surface area contributed by atoms with E-state index in [2.05, 4.69) is 47.9 Å². The third kappa shape index (κ3) is 7.54. The van der Waals surface area contributed by atoms with Crippen molar-refractivity contribution in [3.05, 3.63) is 88.4 Å². The Morgan fingerprint density at radius 1 is 0.931 bits per heavy atom. The molecule has 0 aromatic heterocycles. The van der Waals surface area contributed by atoms with E-state index in [0.29, 0.717) is 28.1 Å². The predicted octanol–water partition coefficient (Wildman–Crippen LogP) is 6.63. The number of carbonyl (C=O) groups excluding carboxylic acids is 1. The molecule has 1 unspecified atom stereocenters. The third-order valence-corrected chi connectivity index (χ3v) is 5.00. The van der Waals surface area contributed by atoms with E-state index < -0.39 is 0 Å². The van der Waals surface area contributed by atoms with Gasteiger partial charge in [-0.3, -0.25) is 4.79 Å². The van der Waals surface area contributed by atoms with Crippen molar-refractivity contribution in [2.24, 2.45) is 0 Å². The second-order valence-corrected chi connectivity index (χ2v) is 7.54. The molecule has 3 aromatic carbocycles. The van der Waals surface area contributed by atoms with Crippen LogP contribution >= 0.6 is 23.2 Å². The molecule has 0 bridgehead atoms. The highest BCUT2D eigenvalue weighted by Gasteiger charge is 2.06. The number of hydrogen-bond acceptors (Lipinski definition) is 2. The van der Waals surface area contributed by atoms with Crippen LogP contribution in [0.4, 0.5) is 5.69 Å². The topological polar surface area (TPSA) is 41.1 Å². The lowest BCUT2D eigenvalue weighted by atomic mass is 9.98. The average molecular weight is 429 g/mol. The van der Waals surface area contributed by atoms with Gasteiger partial charge < -0.3 is 10.6 Å². The number of nitrogens with one attached hydrogen (secondary N) is 2. The molecule has 3 rings (SSSR count). The van der Waals surface area contributed by atoms with Crippen LogP contribution in [-0.4, -0.2) is 20.0 Å². The summed E-state index contributed by atoms with van der Waals surface area (Å²) in [6.07, 6.45) is 1.83. The average Bonchev–Trinajstić information content (AvgIpc) is 2.73. The highest BCUT2D eigenvalue weighted by Crippen LogP contribution is 2.31. The van der Waals surface area contributed by atoms with Crippen molar-refractivity contribution in [3.8, 4) is 11.1 Å². The van der Waals surface area contributed by atoms with Crippen molar-refractivity contribution in [2.75, 3.05) is 18.9 Å². The molecule has 0 heterocycles. The largest absolute Gasteiger partial charge is 0.328 e. The van der Waals surface area contributed by atoms with E-state index in [9.17, 15) is 4.79 Å². The van der Waals surface area contributed by atoms with E-state index in [0.717, 1.165) is 17.7 Å². The summed E-state index contributed by atoms with van der Waals surface area (Å²) in [6.45, 7) is 3.36. The predicted molar refractivity (Wildman–Crippen MR) is 125 cm³/mol. The summed E-state index contributed by atoms with van der Waals surface area (Å²) in [5, 5.41) is 7.01. The van der Waals surface area contributed by atoms with Gasteiger partial charge in [0, 0.05) is 21.3 Å². The van der Waals surface area contributed by atoms with Gasteiger partial charge in [0.1, 0.15) is 0 Å². The molecule has 1 atom stereocenters. The first-order chi connectivity index (χ1) is 14.0. The van der Waals surface area contributed by atoms with E-state index in [1.54, 1.807) is 18.2 Å². The van der Waals surface area contributed by atoms with Crippen LogP contribution in [0.25, 0.3) is 11.1 Å². The van der Waals surface area contributed by atoms with Gasteiger partial charge in [0.05, 0.1) is 0 Å². The third-order valence-electron chi connectivity index (χ3n) is 4.53. The molecule has 3 aromatic rings. The lowest BCUT2D eigenvalue weighted by molar-refractivity contribution is -0.105. The fourth-order valence-electron chi connectivity index (χ4n) is 2.92. The first-order valence-corrected chi connectivity index (χ1v) is 10.3. The molecule has 0 saturated carbocycles. The minimum Gasteiger partial charge on any atom is -0.328 e. The van der Waals surface area contributed by atoms with Gasteiger partial charge in [-0.15, -0.1) is 0 Å². The second-order valence-electron chi connectivity index (χ2n) is 6.67.